The zero-order valence-corrected chi connectivity index (χ0v) is 15.2. The van der Waals surface area contributed by atoms with E-state index in [1.807, 2.05) is 51.1 Å². The van der Waals surface area contributed by atoms with Crippen molar-refractivity contribution in [1.29, 1.82) is 0 Å². The van der Waals surface area contributed by atoms with Gasteiger partial charge in [-0.15, -0.1) is 0 Å². The minimum Gasteiger partial charge on any atom is -0.444 e. The van der Waals surface area contributed by atoms with Crippen molar-refractivity contribution < 1.29 is 8.63 Å². The summed E-state index contributed by atoms with van der Waals surface area (Å²) in [6.45, 7) is 7.48. The van der Waals surface area contributed by atoms with Crippen LogP contribution in [0.25, 0.3) is 0 Å². The molecule has 0 bridgehead atoms. The number of nitrogens with one attached hydrogen (secondary N) is 2. The molecule has 2 aromatic rings. The molecule has 0 aliphatic carbocycles. The molecular formula is C17H24N4O2S. The fraction of sp³-hybridized carbons (Fsp3) is 0.412. The molecule has 24 heavy (non-hydrogen) atoms. The average molecular weight is 348 g/mol. The first-order valence-corrected chi connectivity index (χ1v) is 9.30. The third kappa shape index (κ3) is 5.49. The van der Waals surface area contributed by atoms with Gasteiger partial charge in [0.2, 0.25) is 5.89 Å². The van der Waals surface area contributed by atoms with Gasteiger partial charge >= 0.3 is 0 Å². The molecule has 1 unspecified atom stereocenters. The summed E-state index contributed by atoms with van der Waals surface area (Å²) in [6.07, 6.45) is 0. The Kier molecular flexibility index (Phi) is 6.99. The number of nitrogens with zero attached hydrogens (tertiary/aromatic N) is 2. The lowest BCUT2D eigenvalue weighted by Crippen LogP contribution is -2.39. The smallest absolute Gasteiger partial charge is 0.216 e. The van der Waals surface area contributed by atoms with E-state index in [9.17, 15) is 4.21 Å². The summed E-state index contributed by atoms with van der Waals surface area (Å²) in [4.78, 5) is 9.60. The zero-order valence-electron chi connectivity index (χ0n) is 14.3. The van der Waals surface area contributed by atoms with Crippen LogP contribution in [-0.2, 0) is 17.3 Å². The van der Waals surface area contributed by atoms with Crippen molar-refractivity contribution in [3.05, 3.63) is 47.7 Å². The minimum atomic E-state index is -1.02. The summed E-state index contributed by atoms with van der Waals surface area (Å²) in [5.41, 5.74) is 0.886. The third-order valence-corrected chi connectivity index (χ3v) is 4.75. The molecule has 0 fully saturated rings. The van der Waals surface area contributed by atoms with Crippen LogP contribution in [0.15, 0.2) is 44.6 Å². The number of guanidine groups is 1. The van der Waals surface area contributed by atoms with E-state index in [4.69, 9.17) is 4.42 Å². The second-order valence-corrected chi connectivity index (χ2v) is 6.80. The number of aryl methyl sites for hydroxylation is 2. The monoisotopic (exact) mass is 348 g/mol. The van der Waals surface area contributed by atoms with E-state index >= 15 is 0 Å². The van der Waals surface area contributed by atoms with Crippen molar-refractivity contribution in [3.8, 4) is 0 Å². The van der Waals surface area contributed by atoms with Crippen molar-refractivity contribution >= 4 is 16.8 Å². The topological polar surface area (TPSA) is 79.5 Å². The van der Waals surface area contributed by atoms with Crippen LogP contribution in [0, 0.1) is 13.8 Å². The number of hydrogen-bond acceptors (Lipinski definition) is 4. The van der Waals surface area contributed by atoms with Gasteiger partial charge in [-0.25, -0.2) is 9.98 Å². The van der Waals surface area contributed by atoms with Crippen molar-refractivity contribution in [2.45, 2.75) is 32.2 Å². The molecule has 1 atom stereocenters. The largest absolute Gasteiger partial charge is 0.444 e. The van der Waals surface area contributed by atoms with Crippen LogP contribution in [0.2, 0.25) is 0 Å². The van der Waals surface area contributed by atoms with Gasteiger partial charge in [0.1, 0.15) is 12.3 Å². The highest BCUT2D eigenvalue weighted by Gasteiger charge is 2.06. The van der Waals surface area contributed by atoms with E-state index in [2.05, 4.69) is 20.6 Å². The number of benzene rings is 1. The summed E-state index contributed by atoms with van der Waals surface area (Å²) in [5.74, 6) is 2.59. The van der Waals surface area contributed by atoms with Crippen LogP contribution in [0.5, 0.6) is 0 Å². The minimum absolute atomic E-state index is 0.367. The molecule has 2 N–H and O–H groups in total. The molecule has 1 aromatic carbocycles. The van der Waals surface area contributed by atoms with Crippen LogP contribution in [0.4, 0.5) is 0 Å². The summed E-state index contributed by atoms with van der Waals surface area (Å²) in [6, 6.07) is 9.46. The lowest BCUT2D eigenvalue weighted by atomic mass is 10.4. The van der Waals surface area contributed by atoms with E-state index in [-0.39, 0.29) is 0 Å². The maximum absolute atomic E-state index is 12.2. The molecule has 0 aliphatic rings. The molecule has 130 valence electrons. The normalized spacial score (nSPS) is 12.9. The maximum Gasteiger partial charge on any atom is 0.216 e. The predicted octanol–water partition coefficient (Wildman–Crippen LogP) is 2.15. The lowest BCUT2D eigenvalue weighted by Gasteiger charge is -2.10. The number of aromatic nitrogens is 1. The van der Waals surface area contributed by atoms with Crippen LogP contribution < -0.4 is 10.6 Å². The maximum atomic E-state index is 12.2. The first-order valence-electron chi connectivity index (χ1n) is 7.98. The standard InChI is InChI=1S/C17H24N4O2S/c1-4-18-17(20-12-16-21-13(2)14(3)23-16)19-10-11-24(22)15-8-6-5-7-9-15/h5-9H,4,10-12H2,1-3H3,(H2,18,19,20). The second kappa shape index (κ2) is 9.22. The fourth-order valence-electron chi connectivity index (χ4n) is 2.05. The van der Waals surface area contributed by atoms with Gasteiger partial charge in [0.15, 0.2) is 5.96 Å². The predicted molar refractivity (Wildman–Crippen MR) is 96.5 cm³/mol. The van der Waals surface area contributed by atoms with Gasteiger partial charge < -0.3 is 15.1 Å². The van der Waals surface area contributed by atoms with Crippen LogP contribution >= 0.6 is 0 Å². The van der Waals surface area contributed by atoms with Crippen molar-refractivity contribution in [3.63, 3.8) is 0 Å². The van der Waals surface area contributed by atoms with E-state index < -0.39 is 10.8 Å². The average Bonchev–Trinajstić information content (AvgIpc) is 2.91. The highest BCUT2D eigenvalue weighted by Crippen LogP contribution is 2.09. The van der Waals surface area contributed by atoms with Gasteiger partial charge in [-0.05, 0) is 32.9 Å². The highest BCUT2D eigenvalue weighted by molar-refractivity contribution is 7.85. The SMILES string of the molecule is CCNC(=NCc1nc(C)c(C)o1)NCCS(=O)c1ccccc1. The molecule has 0 aliphatic heterocycles. The highest BCUT2D eigenvalue weighted by atomic mass is 32.2. The van der Waals surface area contributed by atoms with Gasteiger partial charge in [-0.1, -0.05) is 18.2 Å². The fourth-order valence-corrected chi connectivity index (χ4v) is 3.03. The Labute approximate surface area is 145 Å². The Morgan fingerprint density at radius 3 is 2.62 bits per heavy atom. The number of hydrogen-bond donors (Lipinski definition) is 2. The Morgan fingerprint density at radius 1 is 1.25 bits per heavy atom. The van der Waals surface area contributed by atoms with E-state index in [0.29, 0.717) is 30.7 Å². The molecule has 6 nitrogen and oxygen atoms in total. The van der Waals surface area contributed by atoms with E-state index in [0.717, 1.165) is 22.9 Å². The molecule has 7 heteroatoms. The summed E-state index contributed by atoms with van der Waals surface area (Å²) < 4.78 is 17.7. The van der Waals surface area contributed by atoms with Crippen molar-refractivity contribution in [2.75, 3.05) is 18.8 Å². The second-order valence-electron chi connectivity index (χ2n) is 5.23. The van der Waals surface area contributed by atoms with Crippen molar-refractivity contribution in [2.24, 2.45) is 4.99 Å². The van der Waals surface area contributed by atoms with Gasteiger partial charge in [0.25, 0.3) is 0 Å². The van der Waals surface area contributed by atoms with Crippen molar-refractivity contribution in [1.82, 2.24) is 15.6 Å². The molecule has 0 spiro atoms. The number of aliphatic imine (C=N–C) groups is 1. The number of rotatable bonds is 7. The Morgan fingerprint density at radius 2 is 2.00 bits per heavy atom. The zero-order chi connectivity index (χ0) is 17.4. The quantitative estimate of drug-likeness (QED) is 0.592. The lowest BCUT2D eigenvalue weighted by molar-refractivity contribution is 0.473. The molecule has 0 saturated heterocycles. The Hall–Kier alpha value is -2.15. The van der Waals surface area contributed by atoms with Gasteiger partial charge in [0.05, 0.1) is 16.5 Å². The van der Waals surface area contributed by atoms with Crippen LogP contribution in [0.1, 0.15) is 24.3 Å². The molecule has 1 aromatic heterocycles. The summed E-state index contributed by atoms with van der Waals surface area (Å²) in [5, 5.41) is 6.35. The third-order valence-electron chi connectivity index (χ3n) is 3.38. The van der Waals surface area contributed by atoms with Crippen LogP contribution in [-0.4, -0.2) is 34.0 Å². The van der Waals surface area contributed by atoms with Gasteiger partial charge in [-0.2, -0.15) is 0 Å². The van der Waals surface area contributed by atoms with Gasteiger partial charge in [-0.3, -0.25) is 4.21 Å². The Balaban J connectivity index is 1.86. The van der Waals surface area contributed by atoms with E-state index in [1.165, 1.54) is 0 Å². The summed E-state index contributed by atoms with van der Waals surface area (Å²) in [7, 11) is -1.02. The van der Waals surface area contributed by atoms with Crippen LogP contribution in [0.3, 0.4) is 0 Å². The first-order chi connectivity index (χ1) is 11.6. The molecule has 0 radical (unpaired) electrons. The number of oxazole rings is 1. The Bertz CT molecular complexity index is 678. The van der Waals surface area contributed by atoms with Gasteiger partial charge in [0, 0.05) is 23.7 Å². The molecule has 1 heterocycles. The summed E-state index contributed by atoms with van der Waals surface area (Å²) >= 11 is 0. The van der Waals surface area contributed by atoms with E-state index in [1.54, 1.807) is 0 Å². The molecule has 2 rings (SSSR count). The molecule has 0 saturated carbocycles. The molecule has 0 amide bonds. The first kappa shape index (κ1) is 18.2. The molecular weight excluding hydrogens is 324 g/mol.